The summed E-state index contributed by atoms with van der Waals surface area (Å²) >= 11 is 3.34. The van der Waals surface area contributed by atoms with Crippen LogP contribution in [0.3, 0.4) is 0 Å². The van der Waals surface area contributed by atoms with E-state index in [4.69, 9.17) is 4.74 Å². The smallest absolute Gasteiger partial charge is 0.311 e. The second kappa shape index (κ2) is 8.13. The third kappa shape index (κ3) is 3.84. The quantitative estimate of drug-likeness (QED) is 0.250. The topological polar surface area (TPSA) is 99.6 Å². The maximum atomic E-state index is 12.8. The minimum absolute atomic E-state index is 0.0540. The van der Waals surface area contributed by atoms with E-state index in [2.05, 4.69) is 32.6 Å². The van der Waals surface area contributed by atoms with Crippen LogP contribution in [-0.2, 0) is 0 Å². The van der Waals surface area contributed by atoms with Crippen molar-refractivity contribution >= 4 is 38.7 Å². The molecular weight excluding hydrogens is 428 g/mol. The van der Waals surface area contributed by atoms with Gasteiger partial charge in [0.2, 0.25) is 5.75 Å². The molecule has 3 aromatic rings. The molecule has 0 spiro atoms. The first-order valence-electron chi connectivity index (χ1n) is 8.16. The van der Waals surface area contributed by atoms with Gasteiger partial charge < -0.3 is 4.74 Å². The Bertz CT molecular complexity index is 1170. The first kappa shape index (κ1) is 19.4. The summed E-state index contributed by atoms with van der Waals surface area (Å²) in [5.41, 5.74) is 0.369. The number of hydrogen-bond acceptors (Lipinski definition) is 6. The Hall–Kier alpha value is -3.33. The van der Waals surface area contributed by atoms with Crippen molar-refractivity contribution in [3.8, 4) is 5.75 Å². The second-order valence-corrected chi connectivity index (χ2v) is 6.65. The fourth-order valence-corrected chi connectivity index (χ4v) is 2.96. The number of aryl methyl sites for hydroxylation is 1. The molecule has 0 amide bonds. The number of aromatic nitrogens is 2. The van der Waals surface area contributed by atoms with Crippen molar-refractivity contribution in [3.63, 3.8) is 0 Å². The van der Waals surface area contributed by atoms with E-state index in [1.165, 1.54) is 24.4 Å². The summed E-state index contributed by atoms with van der Waals surface area (Å²) in [6, 6.07) is 9.67. The average molecular weight is 443 g/mol. The Labute approximate surface area is 168 Å². The molecule has 0 fully saturated rings. The van der Waals surface area contributed by atoms with Gasteiger partial charge >= 0.3 is 5.69 Å². The Morgan fingerprint density at radius 1 is 1.39 bits per heavy atom. The number of fused-ring (bicyclic) bond motifs is 1. The molecule has 28 heavy (non-hydrogen) atoms. The minimum atomic E-state index is -0.539. The van der Waals surface area contributed by atoms with Crippen LogP contribution in [0.1, 0.15) is 11.4 Å². The zero-order valence-corrected chi connectivity index (χ0v) is 16.4. The maximum Gasteiger partial charge on any atom is 0.311 e. The molecule has 142 valence electrons. The van der Waals surface area contributed by atoms with Gasteiger partial charge in [0.1, 0.15) is 12.4 Å². The minimum Gasteiger partial charge on any atom is -0.482 e. The average Bonchev–Trinajstić information content (AvgIpc) is 2.67. The number of ether oxygens (including phenoxy) is 1. The molecule has 0 saturated heterocycles. The van der Waals surface area contributed by atoms with Crippen LogP contribution in [0.25, 0.3) is 10.9 Å². The number of rotatable bonds is 6. The second-order valence-electron chi connectivity index (χ2n) is 5.73. The van der Waals surface area contributed by atoms with Gasteiger partial charge in [-0.05, 0) is 31.2 Å². The van der Waals surface area contributed by atoms with E-state index >= 15 is 0 Å². The van der Waals surface area contributed by atoms with Gasteiger partial charge in [-0.1, -0.05) is 34.7 Å². The van der Waals surface area contributed by atoms with Gasteiger partial charge in [-0.2, -0.15) is 9.78 Å². The molecule has 3 rings (SSSR count). The van der Waals surface area contributed by atoms with E-state index in [9.17, 15) is 14.9 Å². The number of nitro groups is 1. The molecule has 0 unspecified atom stereocenters. The summed E-state index contributed by atoms with van der Waals surface area (Å²) in [7, 11) is 0. The molecule has 8 nitrogen and oxygen atoms in total. The number of nitro benzene ring substituents is 1. The fraction of sp³-hybridized carbons (Fsp3) is 0.105. The van der Waals surface area contributed by atoms with Crippen molar-refractivity contribution in [1.29, 1.82) is 0 Å². The van der Waals surface area contributed by atoms with Crippen LogP contribution in [0.5, 0.6) is 5.75 Å². The first-order valence-corrected chi connectivity index (χ1v) is 8.96. The Morgan fingerprint density at radius 2 is 2.18 bits per heavy atom. The predicted molar refractivity (Wildman–Crippen MR) is 110 cm³/mol. The Balaban J connectivity index is 2.12. The van der Waals surface area contributed by atoms with Crippen molar-refractivity contribution < 1.29 is 9.66 Å². The third-order valence-electron chi connectivity index (χ3n) is 3.85. The molecule has 0 bridgehead atoms. The summed E-state index contributed by atoms with van der Waals surface area (Å²) in [4.78, 5) is 27.9. The number of hydrogen-bond donors (Lipinski definition) is 0. The molecular formula is C19H15BrN4O4. The molecule has 2 aromatic carbocycles. The highest BCUT2D eigenvalue weighted by Gasteiger charge is 2.18. The Morgan fingerprint density at radius 3 is 2.89 bits per heavy atom. The monoisotopic (exact) mass is 442 g/mol. The van der Waals surface area contributed by atoms with Gasteiger partial charge in [-0.15, -0.1) is 0 Å². The SMILES string of the molecule is C=CCOc1c(C=Nn2c(C)nc3ccc(Br)cc3c2=O)cccc1[N+](=O)[O-]. The molecule has 0 radical (unpaired) electrons. The number of nitrogens with zero attached hydrogens (tertiary/aromatic N) is 4. The molecule has 1 heterocycles. The number of halogens is 1. The van der Waals surface area contributed by atoms with Crippen molar-refractivity contribution in [2.75, 3.05) is 6.61 Å². The van der Waals surface area contributed by atoms with Crippen molar-refractivity contribution in [3.05, 3.63) is 85.4 Å². The molecule has 0 aliphatic carbocycles. The van der Waals surface area contributed by atoms with Crippen molar-refractivity contribution in [2.24, 2.45) is 5.10 Å². The van der Waals surface area contributed by atoms with E-state index in [1.54, 1.807) is 31.2 Å². The third-order valence-corrected chi connectivity index (χ3v) is 4.34. The van der Waals surface area contributed by atoms with Crippen LogP contribution in [-0.4, -0.2) is 27.4 Å². The zero-order chi connectivity index (χ0) is 20.3. The maximum absolute atomic E-state index is 12.8. The summed E-state index contributed by atoms with van der Waals surface area (Å²) in [6.07, 6.45) is 2.82. The normalized spacial score (nSPS) is 11.1. The van der Waals surface area contributed by atoms with E-state index < -0.39 is 4.92 Å². The standard InChI is InChI=1S/C19H15BrN4O4/c1-3-9-28-18-13(5-4-6-17(18)24(26)27)11-21-23-12(2)22-16-8-7-14(20)10-15(16)19(23)25/h3-8,10-11H,1,9H2,2H3. The van der Waals surface area contributed by atoms with E-state index in [1.807, 2.05) is 0 Å². The first-order chi connectivity index (χ1) is 13.4. The molecule has 0 aliphatic heterocycles. The van der Waals surface area contributed by atoms with Crippen LogP contribution in [0.2, 0.25) is 0 Å². The van der Waals surface area contributed by atoms with Crippen molar-refractivity contribution in [1.82, 2.24) is 9.66 Å². The molecule has 0 N–H and O–H groups in total. The summed E-state index contributed by atoms with van der Waals surface area (Å²) in [5, 5.41) is 15.9. The van der Waals surface area contributed by atoms with Crippen LogP contribution in [0.4, 0.5) is 5.69 Å². The molecule has 9 heteroatoms. The van der Waals surface area contributed by atoms with E-state index in [0.717, 1.165) is 9.15 Å². The van der Waals surface area contributed by atoms with Crippen LogP contribution in [0.15, 0.2) is 63.4 Å². The molecule has 0 aliphatic rings. The van der Waals surface area contributed by atoms with Gasteiger partial charge in [0.05, 0.1) is 22.0 Å². The lowest BCUT2D eigenvalue weighted by Gasteiger charge is -2.08. The number of benzene rings is 2. The van der Waals surface area contributed by atoms with Gasteiger partial charge in [0.25, 0.3) is 5.56 Å². The van der Waals surface area contributed by atoms with Gasteiger partial charge in [0, 0.05) is 16.1 Å². The zero-order valence-electron chi connectivity index (χ0n) is 14.8. The Kier molecular flexibility index (Phi) is 5.65. The molecule has 0 atom stereocenters. The van der Waals surface area contributed by atoms with Gasteiger partial charge in [-0.3, -0.25) is 14.9 Å². The highest BCUT2D eigenvalue weighted by atomic mass is 79.9. The number of para-hydroxylation sites is 1. The lowest BCUT2D eigenvalue weighted by Crippen LogP contribution is -2.20. The molecule has 1 aromatic heterocycles. The van der Waals surface area contributed by atoms with Crippen molar-refractivity contribution in [2.45, 2.75) is 6.92 Å². The van der Waals surface area contributed by atoms with E-state index in [-0.39, 0.29) is 23.6 Å². The molecule has 0 saturated carbocycles. The summed E-state index contributed by atoms with van der Waals surface area (Å²) < 4.78 is 7.34. The lowest BCUT2D eigenvalue weighted by atomic mass is 10.2. The highest BCUT2D eigenvalue weighted by Crippen LogP contribution is 2.30. The van der Waals surface area contributed by atoms with Crippen LogP contribution in [0, 0.1) is 17.0 Å². The predicted octanol–water partition coefficient (Wildman–Crippen LogP) is 3.82. The van der Waals surface area contributed by atoms with E-state index in [0.29, 0.717) is 22.3 Å². The van der Waals surface area contributed by atoms with Crippen LogP contribution >= 0.6 is 15.9 Å². The largest absolute Gasteiger partial charge is 0.482 e. The van der Waals surface area contributed by atoms with Gasteiger partial charge in [-0.25, -0.2) is 4.98 Å². The fourth-order valence-electron chi connectivity index (χ4n) is 2.60. The van der Waals surface area contributed by atoms with Gasteiger partial charge in [0.15, 0.2) is 0 Å². The summed E-state index contributed by atoms with van der Waals surface area (Å²) in [5.74, 6) is 0.438. The summed E-state index contributed by atoms with van der Waals surface area (Å²) in [6.45, 7) is 5.30. The lowest BCUT2D eigenvalue weighted by molar-refractivity contribution is -0.385. The van der Waals surface area contributed by atoms with Crippen LogP contribution < -0.4 is 10.3 Å². The highest BCUT2D eigenvalue weighted by molar-refractivity contribution is 9.10.